The molecule has 2 heterocycles. The van der Waals surface area contributed by atoms with E-state index < -0.39 is 0 Å². The van der Waals surface area contributed by atoms with E-state index in [0.29, 0.717) is 18.8 Å². The summed E-state index contributed by atoms with van der Waals surface area (Å²) in [5.41, 5.74) is 2.09. The molecular weight excluding hydrogens is 308 g/mol. The van der Waals surface area contributed by atoms with E-state index in [2.05, 4.69) is 4.98 Å². The van der Waals surface area contributed by atoms with Crippen molar-refractivity contribution in [1.29, 1.82) is 0 Å². The van der Waals surface area contributed by atoms with Crippen molar-refractivity contribution in [2.24, 2.45) is 0 Å². The van der Waals surface area contributed by atoms with Crippen LogP contribution in [0.3, 0.4) is 0 Å². The third kappa shape index (κ3) is 2.47. The molecule has 3 rings (SSSR count). The predicted octanol–water partition coefficient (Wildman–Crippen LogP) is 2.15. The Labute approximate surface area is 132 Å². The van der Waals surface area contributed by atoms with Crippen LogP contribution in [-0.4, -0.2) is 49.1 Å². The van der Waals surface area contributed by atoms with Gasteiger partial charge in [-0.1, -0.05) is 0 Å². The quantitative estimate of drug-likeness (QED) is 0.637. The summed E-state index contributed by atoms with van der Waals surface area (Å²) in [6.45, 7) is 1.05. The van der Waals surface area contributed by atoms with Crippen molar-refractivity contribution in [2.45, 2.75) is 18.0 Å². The van der Waals surface area contributed by atoms with Crippen LogP contribution < -0.4 is 0 Å². The lowest BCUT2D eigenvalue weighted by atomic mass is 10.1. The van der Waals surface area contributed by atoms with Gasteiger partial charge in [0, 0.05) is 7.11 Å². The number of benzene rings is 1. The zero-order valence-corrected chi connectivity index (χ0v) is 13.2. The smallest absolute Gasteiger partial charge is 0.337 e. The maximum absolute atomic E-state index is 11.8. The monoisotopic (exact) mass is 324 g/mol. The number of halogens is 1. The Morgan fingerprint density at radius 3 is 2.95 bits per heavy atom. The molecule has 1 aliphatic rings. The first-order valence-electron chi connectivity index (χ1n) is 6.95. The van der Waals surface area contributed by atoms with Gasteiger partial charge in [-0.05, 0) is 18.2 Å². The second-order valence-corrected chi connectivity index (χ2v) is 5.37. The average molecular weight is 325 g/mol. The highest BCUT2D eigenvalue weighted by Gasteiger charge is 2.32. The van der Waals surface area contributed by atoms with Gasteiger partial charge in [-0.2, -0.15) is 0 Å². The molecule has 2 atom stereocenters. The van der Waals surface area contributed by atoms with Gasteiger partial charge in [-0.15, -0.1) is 11.6 Å². The number of carbonyl (C=O) groups is 1. The van der Waals surface area contributed by atoms with Crippen molar-refractivity contribution in [3.05, 3.63) is 29.6 Å². The van der Waals surface area contributed by atoms with Crippen molar-refractivity contribution in [2.75, 3.05) is 27.4 Å². The summed E-state index contributed by atoms with van der Waals surface area (Å²) in [7, 11) is 3.02. The minimum Gasteiger partial charge on any atom is -0.465 e. The molecule has 22 heavy (non-hydrogen) atoms. The molecule has 1 aliphatic heterocycles. The van der Waals surface area contributed by atoms with Crippen LogP contribution in [0.15, 0.2) is 18.2 Å². The fourth-order valence-corrected chi connectivity index (χ4v) is 3.03. The number of rotatable bonds is 4. The van der Waals surface area contributed by atoms with Crippen LogP contribution in [0.1, 0.15) is 22.2 Å². The number of imidazole rings is 1. The third-order valence-corrected chi connectivity index (χ3v) is 4.18. The maximum Gasteiger partial charge on any atom is 0.337 e. The molecule has 1 saturated heterocycles. The van der Waals surface area contributed by atoms with Crippen molar-refractivity contribution in [1.82, 2.24) is 9.55 Å². The Bertz CT molecular complexity index is 700. The highest BCUT2D eigenvalue weighted by atomic mass is 35.5. The van der Waals surface area contributed by atoms with E-state index in [1.54, 1.807) is 25.3 Å². The highest BCUT2D eigenvalue weighted by molar-refractivity contribution is 6.16. The van der Waals surface area contributed by atoms with Gasteiger partial charge in [-0.3, -0.25) is 0 Å². The van der Waals surface area contributed by atoms with E-state index in [1.807, 2.05) is 4.57 Å². The highest BCUT2D eigenvalue weighted by Crippen LogP contribution is 2.30. The Kier molecular flexibility index (Phi) is 4.33. The molecule has 2 aromatic rings. The van der Waals surface area contributed by atoms with Crippen LogP contribution in [-0.2, 0) is 20.1 Å². The van der Waals surface area contributed by atoms with Crippen LogP contribution in [0.5, 0.6) is 0 Å². The molecule has 118 valence electrons. The SMILES string of the molecule is COC(=O)c1ccc2nc(CCl)n([C@@H]3COC[C@@H]3OC)c2c1. The summed E-state index contributed by atoms with van der Waals surface area (Å²) >= 11 is 6.05. The summed E-state index contributed by atoms with van der Waals surface area (Å²) in [5.74, 6) is 0.624. The van der Waals surface area contributed by atoms with Crippen LogP contribution in [0.2, 0.25) is 0 Å². The predicted molar refractivity (Wildman–Crippen MR) is 81.3 cm³/mol. The fourth-order valence-electron chi connectivity index (χ4n) is 2.84. The van der Waals surface area contributed by atoms with Crippen LogP contribution >= 0.6 is 11.6 Å². The van der Waals surface area contributed by atoms with Gasteiger partial charge in [0.2, 0.25) is 0 Å². The first-order chi connectivity index (χ1) is 10.7. The van der Waals surface area contributed by atoms with E-state index >= 15 is 0 Å². The Morgan fingerprint density at radius 2 is 2.27 bits per heavy atom. The summed E-state index contributed by atoms with van der Waals surface area (Å²) in [6, 6.07) is 5.25. The third-order valence-electron chi connectivity index (χ3n) is 3.94. The molecule has 1 aromatic heterocycles. The topological polar surface area (TPSA) is 62.6 Å². The fraction of sp³-hybridized carbons (Fsp3) is 0.467. The molecule has 1 aromatic carbocycles. The largest absolute Gasteiger partial charge is 0.465 e. The Hall–Kier alpha value is -1.63. The number of alkyl halides is 1. The summed E-state index contributed by atoms with van der Waals surface area (Å²) < 4.78 is 17.8. The molecule has 0 radical (unpaired) electrons. The zero-order chi connectivity index (χ0) is 15.7. The maximum atomic E-state index is 11.8. The molecule has 6 nitrogen and oxygen atoms in total. The van der Waals surface area contributed by atoms with Gasteiger partial charge in [0.05, 0.1) is 48.8 Å². The molecule has 0 amide bonds. The second-order valence-electron chi connectivity index (χ2n) is 5.11. The molecule has 0 N–H and O–H groups in total. The number of carbonyl (C=O) groups excluding carboxylic acids is 1. The van der Waals surface area contributed by atoms with Gasteiger partial charge >= 0.3 is 5.97 Å². The molecular formula is C15H17ClN2O4. The van der Waals surface area contributed by atoms with Gasteiger partial charge in [0.25, 0.3) is 0 Å². The number of aromatic nitrogens is 2. The number of fused-ring (bicyclic) bond motifs is 1. The first-order valence-corrected chi connectivity index (χ1v) is 7.48. The normalized spacial score (nSPS) is 21.4. The van der Waals surface area contributed by atoms with Gasteiger partial charge in [-0.25, -0.2) is 9.78 Å². The second kappa shape index (κ2) is 6.24. The zero-order valence-electron chi connectivity index (χ0n) is 12.4. The minimum atomic E-state index is -0.381. The van der Waals surface area contributed by atoms with Crippen LogP contribution in [0.4, 0.5) is 0 Å². The van der Waals surface area contributed by atoms with Crippen molar-refractivity contribution < 1.29 is 19.0 Å². The molecule has 0 bridgehead atoms. The minimum absolute atomic E-state index is 0.0170. The van der Waals surface area contributed by atoms with Crippen LogP contribution in [0.25, 0.3) is 11.0 Å². The summed E-state index contributed by atoms with van der Waals surface area (Å²) in [4.78, 5) is 16.3. The number of esters is 1. The lowest BCUT2D eigenvalue weighted by Gasteiger charge is -2.20. The number of hydrogen-bond donors (Lipinski definition) is 0. The van der Waals surface area contributed by atoms with E-state index in [4.69, 9.17) is 25.8 Å². The number of hydrogen-bond acceptors (Lipinski definition) is 5. The first kappa shape index (κ1) is 15.3. The molecule has 0 spiro atoms. The molecule has 0 aliphatic carbocycles. The van der Waals surface area contributed by atoms with E-state index in [-0.39, 0.29) is 24.0 Å². The molecule has 0 unspecified atom stereocenters. The van der Waals surface area contributed by atoms with Gasteiger partial charge < -0.3 is 18.8 Å². The van der Waals surface area contributed by atoms with E-state index in [0.717, 1.165) is 16.9 Å². The molecule has 7 heteroatoms. The summed E-state index contributed by atoms with van der Waals surface area (Å²) in [5, 5.41) is 0. The number of methoxy groups -OCH3 is 2. The van der Waals surface area contributed by atoms with Crippen LogP contribution in [0, 0.1) is 0 Å². The Balaban J connectivity index is 2.15. The van der Waals surface area contributed by atoms with Crippen molar-refractivity contribution >= 4 is 28.6 Å². The van der Waals surface area contributed by atoms with Gasteiger partial charge in [0.15, 0.2) is 0 Å². The lowest BCUT2D eigenvalue weighted by molar-refractivity contribution is 0.0601. The average Bonchev–Trinajstić information content (AvgIpc) is 3.15. The van der Waals surface area contributed by atoms with Crippen molar-refractivity contribution in [3.8, 4) is 0 Å². The number of ether oxygens (including phenoxy) is 3. The van der Waals surface area contributed by atoms with Crippen molar-refractivity contribution in [3.63, 3.8) is 0 Å². The van der Waals surface area contributed by atoms with E-state index in [1.165, 1.54) is 7.11 Å². The Morgan fingerprint density at radius 1 is 1.45 bits per heavy atom. The lowest BCUT2D eigenvalue weighted by Crippen LogP contribution is -2.25. The molecule has 1 fully saturated rings. The standard InChI is InChI=1S/C15H17ClN2O4/c1-20-13-8-22-7-12(13)18-11-5-9(15(19)21-2)3-4-10(11)17-14(18)6-16/h3-5,12-13H,6-8H2,1-2H3/t12-,13+/m1/s1. The van der Waals surface area contributed by atoms with Gasteiger partial charge in [0.1, 0.15) is 11.9 Å². The summed E-state index contributed by atoms with van der Waals surface area (Å²) in [6.07, 6.45) is -0.0684. The molecule has 0 saturated carbocycles. The van der Waals surface area contributed by atoms with E-state index in [9.17, 15) is 4.79 Å². The number of nitrogens with zero attached hydrogens (tertiary/aromatic N) is 2.